The number of nitrogens with zero attached hydrogens (tertiary/aromatic N) is 2. The van der Waals surface area contributed by atoms with Crippen LogP contribution in [0.15, 0.2) is 42.5 Å². The van der Waals surface area contributed by atoms with Crippen molar-refractivity contribution in [2.24, 2.45) is 5.73 Å². The number of amides is 1. The van der Waals surface area contributed by atoms with Gasteiger partial charge in [-0.15, -0.1) is 0 Å². The van der Waals surface area contributed by atoms with E-state index in [4.69, 9.17) is 15.7 Å². The number of rotatable bonds is 3. The number of fused-ring (bicyclic) bond motifs is 1. The third-order valence-electron chi connectivity index (χ3n) is 3.88. The number of hydrogen-bond acceptors (Lipinski definition) is 4. The van der Waals surface area contributed by atoms with Crippen LogP contribution in [-0.2, 0) is 11.3 Å². The first-order chi connectivity index (χ1) is 11.1. The summed E-state index contributed by atoms with van der Waals surface area (Å²) >= 11 is 0. The average Bonchev–Trinajstić information content (AvgIpc) is 2.57. The molecule has 2 aromatic carbocycles. The number of ether oxygens (including phenoxy) is 1. The first-order valence-electron chi connectivity index (χ1n) is 7.40. The van der Waals surface area contributed by atoms with Gasteiger partial charge < -0.3 is 15.4 Å². The fourth-order valence-electron chi connectivity index (χ4n) is 2.54. The van der Waals surface area contributed by atoms with Gasteiger partial charge in [-0.2, -0.15) is 5.26 Å². The zero-order valence-corrected chi connectivity index (χ0v) is 12.8. The first-order valence-corrected chi connectivity index (χ1v) is 7.40. The predicted octanol–water partition coefficient (Wildman–Crippen LogP) is 2.50. The molecule has 0 fully saturated rings. The van der Waals surface area contributed by atoms with Crippen LogP contribution in [0.5, 0.6) is 5.75 Å². The van der Waals surface area contributed by atoms with Crippen LogP contribution >= 0.6 is 0 Å². The minimum absolute atomic E-state index is 0.0286. The molecule has 23 heavy (non-hydrogen) atoms. The van der Waals surface area contributed by atoms with Gasteiger partial charge in [-0.3, -0.25) is 4.79 Å². The fourth-order valence-corrected chi connectivity index (χ4v) is 2.54. The Balaban J connectivity index is 1.94. The Morgan fingerprint density at radius 3 is 2.70 bits per heavy atom. The molecule has 116 valence electrons. The summed E-state index contributed by atoms with van der Waals surface area (Å²) in [6.45, 7) is 2.36. The smallest absolute Gasteiger partial charge is 0.265 e. The van der Waals surface area contributed by atoms with E-state index in [1.165, 1.54) is 0 Å². The van der Waals surface area contributed by atoms with Crippen LogP contribution < -0.4 is 15.4 Å². The van der Waals surface area contributed by atoms with Crippen LogP contribution in [-0.4, -0.2) is 12.5 Å². The van der Waals surface area contributed by atoms with Gasteiger partial charge >= 0.3 is 0 Å². The van der Waals surface area contributed by atoms with Crippen LogP contribution in [0, 0.1) is 11.3 Å². The van der Waals surface area contributed by atoms with Gasteiger partial charge in [0.05, 0.1) is 23.9 Å². The van der Waals surface area contributed by atoms with Crippen LogP contribution in [0.1, 0.15) is 29.7 Å². The van der Waals surface area contributed by atoms with Crippen LogP contribution in [0.25, 0.3) is 0 Å². The molecule has 0 aliphatic carbocycles. The number of anilines is 1. The van der Waals surface area contributed by atoms with Gasteiger partial charge in [0.1, 0.15) is 5.75 Å². The second-order valence-corrected chi connectivity index (χ2v) is 5.59. The summed E-state index contributed by atoms with van der Waals surface area (Å²) in [7, 11) is 0. The maximum Gasteiger partial charge on any atom is 0.265 e. The zero-order valence-electron chi connectivity index (χ0n) is 12.8. The van der Waals surface area contributed by atoms with Crippen molar-refractivity contribution >= 4 is 11.6 Å². The van der Waals surface area contributed by atoms with Crippen molar-refractivity contribution in [3.05, 3.63) is 59.2 Å². The van der Waals surface area contributed by atoms with Crippen LogP contribution in [0.2, 0.25) is 0 Å². The van der Waals surface area contributed by atoms with E-state index in [1.807, 2.05) is 37.3 Å². The van der Waals surface area contributed by atoms with E-state index in [0.717, 1.165) is 16.8 Å². The van der Waals surface area contributed by atoms with Gasteiger partial charge in [0.25, 0.3) is 5.91 Å². The molecule has 1 aliphatic heterocycles. The van der Waals surface area contributed by atoms with Crippen LogP contribution in [0.3, 0.4) is 0 Å². The molecule has 1 unspecified atom stereocenters. The maximum atomic E-state index is 12.3. The summed E-state index contributed by atoms with van der Waals surface area (Å²) in [5.41, 5.74) is 9.18. The monoisotopic (exact) mass is 307 g/mol. The topological polar surface area (TPSA) is 79.4 Å². The molecular formula is C18H17N3O2. The highest BCUT2D eigenvalue weighted by atomic mass is 16.5. The minimum Gasteiger partial charge on any atom is -0.482 e. The highest BCUT2D eigenvalue weighted by molar-refractivity contribution is 5.97. The van der Waals surface area contributed by atoms with E-state index in [-0.39, 0.29) is 18.6 Å². The summed E-state index contributed by atoms with van der Waals surface area (Å²) in [5.74, 6) is 0.589. The Bertz CT molecular complexity index is 776. The standard InChI is InChI=1S/C18H17N3O2/c1-12(20)15-6-7-17-16(8-15)21(18(22)11-23-17)10-14-4-2-13(9-19)3-5-14/h2-8,12H,10-11,20H2,1H3. The van der Waals surface area contributed by atoms with Gasteiger partial charge in [0, 0.05) is 6.04 Å². The summed E-state index contributed by atoms with van der Waals surface area (Å²) in [5, 5.41) is 8.86. The molecule has 0 bridgehead atoms. The SMILES string of the molecule is CC(N)c1ccc2c(c1)N(Cc1ccc(C#N)cc1)C(=O)CO2. The molecule has 0 saturated heterocycles. The van der Waals surface area contributed by atoms with Gasteiger partial charge in [-0.25, -0.2) is 0 Å². The molecule has 1 atom stereocenters. The zero-order chi connectivity index (χ0) is 16.4. The van der Waals surface area contributed by atoms with Gasteiger partial charge in [-0.05, 0) is 42.3 Å². The molecule has 3 rings (SSSR count). The van der Waals surface area contributed by atoms with Crippen molar-refractivity contribution in [1.82, 2.24) is 0 Å². The highest BCUT2D eigenvalue weighted by Gasteiger charge is 2.26. The molecule has 2 aromatic rings. The molecule has 0 aromatic heterocycles. The van der Waals surface area contributed by atoms with Gasteiger partial charge in [-0.1, -0.05) is 18.2 Å². The van der Waals surface area contributed by atoms with Crippen molar-refractivity contribution in [2.75, 3.05) is 11.5 Å². The van der Waals surface area contributed by atoms with Crippen molar-refractivity contribution in [2.45, 2.75) is 19.5 Å². The number of hydrogen-bond donors (Lipinski definition) is 1. The molecular weight excluding hydrogens is 290 g/mol. The number of carbonyl (C=O) groups excluding carboxylic acids is 1. The second kappa shape index (κ2) is 6.11. The summed E-state index contributed by atoms with van der Waals surface area (Å²) in [6.07, 6.45) is 0. The largest absolute Gasteiger partial charge is 0.482 e. The van der Waals surface area contributed by atoms with Crippen molar-refractivity contribution in [3.63, 3.8) is 0 Å². The Morgan fingerprint density at radius 2 is 2.04 bits per heavy atom. The second-order valence-electron chi connectivity index (χ2n) is 5.59. The maximum absolute atomic E-state index is 12.3. The fraction of sp³-hybridized carbons (Fsp3) is 0.222. The number of benzene rings is 2. The predicted molar refractivity (Wildman–Crippen MR) is 86.9 cm³/mol. The van der Waals surface area contributed by atoms with Crippen LogP contribution in [0.4, 0.5) is 5.69 Å². The van der Waals surface area contributed by atoms with Crippen molar-refractivity contribution in [3.8, 4) is 11.8 Å². The normalized spacial score (nSPS) is 14.7. The molecule has 0 spiro atoms. The lowest BCUT2D eigenvalue weighted by Crippen LogP contribution is -2.38. The molecule has 5 nitrogen and oxygen atoms in total. The Hall–Kier alpha value is -2.84. The summed E-state index contributed by atoms with van der Waals surface area (Å²) in [4.78, 5) is 14.0. The Morgan fingerprint density at radius 1 is 1.30 bits per heavy atom. The molecule has 2 N–H and O–H groups in total. The third kappa shape index (κ3) is 3.03. The lowest BCUT2D eigenvalue weighted by molar-refractivity contribution is -0.121. The quantitative estimate of drug-likeness (QED) is 0.945. The highest BCUT2D eigenvalue weighted by Crippen LogP contribution is 2.35. The summed E-state index contributed by atoms with van der Waals surface area (Å²) < 4.78 is 5.50. The molecule has 0 saturated carbocycles. The van der Waals surface area contributed by atoms with Crippen molar-refractivity contribution in [1.29, 1.82) is 5.26 Å². The van der Waals surface area contributed by atoms with E-state index in [0.29, 0.717) is 17.9 Å². The van der Waals surface area contributed by atoms with E-state index >= 15 is 0 Å². The van der Waals surface area contributed by atoms with Gasteiger partial charge in [0.2, 0.25) is 0 Å². The Kier molecular flexibility index (Phi) is 4.00. The number of nitrogens with two attached hydrogens (primary N) is 1. The lowest BCUT2D eigenvalue weighted by atomic mass is 10.1. The molecule has 1 amide bonds. The first kappa shape index (κ1) is 15.1. The van der Waals surface area contributed by atoms with Gasteiger partial charge in [0.15, 0.2) is 6.61 Å². The number of nitriles is 1. The van der Waals surface area contributed by atoms with E-state index in [2.05, 4.69) is 6.07 Å². The average molecular weight is 307 g/mol. The third-order valence-corrected chi connectivity index (χ3v) is 3.88. The minimum atomic E-state index is -0.117. The van der Waals surface area contributed by atoms with Crippen molar-refractivity contribution < 1.29 is 9.53 Å². The molecule has 0 radical (unpaired) electrons. The van der Waals surface area contributed by atoms with E-state index < -0.39 is 0 Å². The summed E-state index contributed by atoms with van der Waals surface area (Å²) in [6, 6.07) is 14.9. The Labute approximate surface area is 134 Å². The lowest BCUT2D eigenvalue weighted by Gasteiger charge is -2.30. The molecule has 1 heterocycles. The molecule has 5 heteroatoms. The number of carbonyl (C=O) groups is 1. The van der Waals surface area contributed by atoms with E-state index in [1.54, 1.807) is 17.0 Å². The van der Waals surface area contributed by atoms with E-state index in [9.17, 15) is 4.79 Å². The molecule has 1 aliphatic rings.